The highest BCUT2D eigenvalue weighted by atomic mass is 19.1. The number of halogens is 1. The van der Waals surface area contributed by atoms with Crippen LogP contribution in [0.3, 0.4) is 0 Å². The van der Waals surface area contributed by atoms with Gasteiger partial charge in [0.25, 0.3) is 5.91 Å². The highest BCUT2D eigenvalue weighted by Crippen LogP contribution is 2.29. The summed E-state index contributed by atoms with van der Waals surface area (Å²) in [6.45, 7) is 0.685. The summed E-state index contributed by atoms with van der Waals surface area (Å²) >= 11 is 0. The number of rotatable bonds is 4. The van der Waals surface area contributed by atoms with E-state index in [1.165, 1.54) is 12.5 Å². The Hall–Kier alpha value is -3.23. The number of benzene rings is 1. The monoisotopic (exact) mass is 362 g/mol. The van der Waals surface area contributed by atoms with E-state index in [0.717, 1.165) is 18.2 Å². The lowest BCUT2D eigenvalue weighted by atomic mass is 9.96. The molecule has 0 bridgehead atoms. The maximum Gasteiger partial charge on any atom is 0.314 e. The number of likely N-dealkylation sites (tertiary alicyclic amines) is 1. The van der Waals surface area contributed by atoms with Crippen LogP contribution < -0.4 is 4.74 Å². The minimum absolute atomic E-state index is 0.189. The van der Waals surface area contributed by atoms with Gasteiger partial charge in [0.1, 0.15) is 12.1 Å². The quantitative estimate of drug-likeness (QED) is 0.359. The van der Waals surface area contributed by atoms with Crippen molar-refractivity contribution >= 4 is 17.6 Å². The predicted octanol–water partition coefficient (Wildman–Crippen LogP) is 2.78. The van der Waals surface area contributed by atoms with Crippen molar-refractivity contribution < 1.29 is 28.1 Å². The first-order chi connectivity index (χ1) is 12.5. The number of carbonyl (C=O) groups is 2. The molecule has 1 aromatic heterocycles. The van der Waals surface area contributed by atoms with E-state index < -0.39 is 34.1 Å². The average molecular weight is 362 g/mol. The second-order valence-electron chi connectivity index (χ2n) is 5.87. The van der Waals surface area contributed by atoms with Gasteiger partial charge in [-0.2, -0.15) is 0 Å². The zero-order chi connectivity index (χ0) is 18.7. The van der Waals surface area contributed by atoms with E-state index in [1.54, 1.807) is 11.0 Å². The third-order valence-corrected chi connectivity index (χ3v) is 4.21. The van der Waals surface area contributed by atoms with Crippen LogP contribution in [0.1, 0.15) is 23.2 Å². The molecule has 0 unspecified atom stereocenters. The van der Waals surface area contributed by atoms with Gasteiger partial charge in [-0.3, -0.25) is 19.7 Å². The number of piperidine rings is 1. The second kappa shape index (κ2) is 7.34. The van der Waals surface area contributed by atoms with Crippen LogP contribution in [0.4, 0.5) is 10.1 Å². The Morgan fingerprint density at radius 1 is 1.27 bits per heavy atom. The van der Waals surface area contributed by atoms with Gasteiger partial charge in [0.15, 0.2) is 0 Å². The summed E-state index contributed by atoms with van der Waals surface area (Å²) < 4.78 is 23.3. The van der Waals surface area contributed by atoms with E-state index in [9.17, 15) is 24.1 Å². The summed E-state index contributed by atoms with van der Waals surface area (Å²) in [6.07, 6.45) is 3.46. The molecule has 0 aliphatic carbocycles. The molecule has 1 aliphatic rings. The molecular formula is C17H15FN2O6. The summed E-state index contributed by atoms with van der Waals surface area (Å²) in [5.74, 6) is -2.54. The fourth-order valence-electron chi connectivity index (χ4n) is 2.80. The van der Waals surface area contributed by atoms with Crippen molar-refractivity contribution in [3.05, 3.63) is 58.3 Å². The van der Waals surface area contributed by atoms with Gasteiger partial charge in [-0.15, -0.1) is 0 Å². The Labute approximate surface area is 147 Å². The first-order valence-corrected chi connectivity index (χ1v) is 7.93. The minimum Gasteiger partial charge on any atom is -0.472 e. The molecular weight excluding hydrogens is 347 g/mol. The number of esters is 1. The van der Waals surface area contributed by atoms with E-state index in [-0.39, 0.29) is 5.91 Å². The van der Waals surface area contributed by atoms with Crippen molar-refractivity contribution in [2.75, 3.05) is 13.1 Å². The molecule has 2 heterocycles. The Bertz CT molecular complexity index is 828. The molecule has 0 saturated carbocycles. The SMILES string of the molecule is O=C(Oc1cc(F)ccc1[N+](=O)[O-])C1CCN(C(=O)c2ccoc2)CC1. The van der Waals surface area contributed by atoms with Gasteiger partial charge in [-0.1, -0.05) is 0 Å². The first kappa shape index (κ1) is 17.6. The number of carbonyl (C=O) groups excluding carboxylic acids is 2. The summed E-state index contributed by atoms with van der Waals surface area (Å²) in [5.41, 5.74) is -0.0475. The number of nitro benzene ring substituents is 1. The highest BCUT2D eigenvalue weighted by Gasteiger charge is 2.30. The molecule has 0 spiro atoms. The number of nitrogens with zero attached hydrogens (tertiary/aromatic N) is 2. The lowest BCUT2D eigenvalue weighted by molar-refractivity contribution is -0.385. The maximum absolute atomic E-state index is 13.3. The zero-order valence-electron chi connectivity index (χ0n) is 13.6. The number of furan rings is 1. The molecule has 1 aliphatic heterocycles. The predicted molar refractivity (Wildman–Crippen MR) is 86.0 cm³/mol. The molecule has 26 heavy (non-hydrogen) atoms. The largest absolute Gasteiger partial charge is 0.472 e. The minimum atomic E-state index is -0.742. The van der Waals surface area contributed by atoms with Gasteiger partial charge in [-0.05, 0) is 25.0 Å². The van der Waals surface area contributed by atoms with Gasteiger partial charge >= 0.3 is 11.7 Å². The molecule has 1 aromatic carbocycles. The van der Waals surface area contributed by atoms with Crippen LogP contribution in [0, 0.1) is 21.8 Å². The molecule has 0 atom stereocenters. The van der Waals surface area contributed by atoms with Gasteiger partial charge in [0.2, 0.25) is 5.75 Å². The van der Waals surface area contributed by atoms with Crippen LogP contribution in [0.25, 0.3) is 0 Å². The standard InChI is InChI=1S/C17H15FN2O6/c18-13-1-2-14(20(23)24)15(9-13)26-17(22)11-3-6-19(7-4-11)16(21)12-5-8-25-10-12/h1-2,5,8-11H,3-4,6-7H2. The smallest absolute Gasteiger partial charge is 0.314 e. The van der Waals surface area contributed by atoms with Crippen molar-refractivity contribution in [1.82, 2.24) is 4.90 Å². The lowest BCUT2D eigenvalue weighted by Gasteiger charge is -2.30. The number of ether oxygens (including phenoxy) is 1. The molecule has 1 saturated heterocycles. The summed E-state index contributed by atoms with van der Waals surface area (Å²) in [5, 5.41) is 11.0. The molecule has 0 N–H and O–H groups in total. The van der Waals surface area contributed by atoms with E-state index in [1.807, 2.05) is 0 Å². The maximum atomic E-state index is 13.3. The molecule has 2 aromatic rings. The number of hydrogen-bond acceptors (Lipinski definition) is 6. The van der Waals surface area contributed by atoms with Crippen molar-refractivity contribution in [2.45, 2.75) is 12.8 Å². The van der Waals surface area contributed by atoms with Crippen LogP contribution in [0.15, 0.2) is 41.2 Å². The van der Waals surface area contributed by atoms with Crippen LogP contribution >= 0.6 is 0 Å². The summed E-state index contributed by atoms with van der Waals surface area (Å²) in [7, 11) is 0. The van der Waals surface area contributed by atoms with Crippen LogP contribution in [-0.2, 0) is 4.79 Å². The fourth-order valence-corrected chi connectivity index (χ4v) is 2.80. The van der Waals surface area contributed by atoms with Crippen LogP contribution in [0.2, 0.25) is 0 Å². The summed E-state index contributed by atoms with van der Waals surface area (Å²) in [4.78, 5) is 36.3. The third kappa shape index (κ3) is 3.71. The van der Waals surface area contributed by atoms with E-state index in [2.05, 4.69) is 0 Å². The second-order valence-corrected chi connectivity index (χ2v) is 5.87. The fraction of sp³-hybridized carbons (Fsp3) is 0.294. The van der Waals surface area contributed by atoms with Crippen molar-refractivity contribution in [2.24, 2.45) is 5.92 Å². The summed E-state index contributed by atoms with van der Waals surface area (Å²) in [6, 6.07) is 4.25. The molecule has 3 rings (SSSR count). The van der Waals surface area contributed by atoms with Crippen molar-refractivity contribution in [3.63, 3.8) is 0 Å². The Morgan fingerprint density at radius 2 is 2.00 bits per heavy atom. The first-order valence-electron chi connectivity index (χ1n) is 7.93. The third-order valence-electron chi connectivity index (χ3n) is 4.21. The molecule has 136 valence electrons. The van der Waals surface area contributed by atoms with Gasteiger partial charge < -0.3 is 14.1 Å². The molecule has 8 nitrogen and oxygen atoms in total. The molecule has 9 heteroatoms. The van der Waals surface area contributed by atoms with E-state index in [4.69, 9.17) is 9.15 Å². The number of amides is 1. The van der Waals surface area contributed by atoms with E-state index in [0.29, 0.717) is 31.5 Å². The Kier molecular flexibility index (Phi) is 4.97. The highest BCUT2D eigenvalue weighted by molar-refractivity contribution is 5.94. The molecule has 0 radical (unpaired) electrons. The van der Waals surface area contributed by atoms with Crippen LogP contribution in [0.5, 0.6) is 5.75 Å². The zero-order valence-corrected chi connectivity index (χ0v) is 13.6. The number of nitro groups is 1. The molecule has 1 fully saturated rings. The van der Waals surface area contributed by atoms with Crippen molar-refractivity contribution in [1.29, 1.82) is 0 Å². The normalized spacial score (nSPS) is 14.9. The lowest BCUT2D eigenvalue weighted by Crippen LogP contribution is -2.41. The topological polar surface area (TPSA) is 103 Å². The van der Waals surface area contributed by atoms with Gasteiger partial charge in [0.05, 0.1) is 22.7 Å². The number of hydrogen-bond donors (Lipinski definition) is 0. The van der Waals surface area contributed by atoms with Crippen molar-refractivity contribution in [3.8, 4) is 5.75 Å². The molecule has 1 amide bonds. The van der Waals surface area contributed by atoms with Crippen LogP contribution in [-0.4, -0.2) is 34.8 Å². The van der Waals surface area contributed by atoms with Gasteiger partial charge in [0, 0.05) is 25.2 Å². The van der Waals surface area contributed by atoms with Gasteiger partial charge in [-0.25, -0.2) is 4.39 Å². The Balaban J connectivity index is 1.62. The average Bonchev–Trinajstić information content (AvgIpc) is 3.15. The van der Waals surface area contributed by atoms with E-state index >= 15 is 0 Å². The Morgan fingerprint density at radius 3 is 2.62 bits per heavy atom.